The van der Waals surface area contributed by atoms with Crippen LogP contribution >= 0.6 is 0 Å². The molecule has 2 rings (SSSR count). The summed E-state index contributed by atoms with van der Waals surface area (Å²) in [5, 5.41) is 0. The van der Waals surface area contributed by atoms with E-state index in [0.717, 1.165) is 18.8 Å². The van der Waals surface area contributed by atoms with E-state index in [2.05, 4.69) is 30.7 Å². The van der Waals surface area contributed by atoms with Crippen LogP contribution in [0.3, 0.4) is 0 Å². The fourth-order valence-electron chi connectivity index (χ4n) is 1.82. The lowest BCUT2D eigenvalue weighted by molar-refractivity contribution is 0.231. The monoisotopic (exact) mass is 193 g/mol. The molecule has 1 atom stereocenters. The molecule has 0 fully saturated rings. The largest absolute Gasteiger partial charge is 0.300 e. The zero-order valence-electron chi connectivity index (χ0n) is 8.82. The standard InChI is InChI=1S/C10H15N3O/c1-4-12(5-2)7(3)8-6-13-9(11-8)10(13)14/h6-7H,4-5H2,1-3H3. The van der Waals surface area contributed by atoms with Crippen molar-refractivity contribution in [1.82, 2.24) is 14.3 Å². The van der Waals surface area contributed by atoms with E-state index < -0.39 is 0 Å². The van der Waals surface area contributed by atoms with Gasteiger partial charge in [0.2, 0.25) is 5.65 Å². The molecule has 0 aromatic carbocycles. The molecule has 0 aliphatic carbocycles. The molecule has 2 aromatic heterocycles. The van der Waals surface area contributed by atoms with E-state index >= 15 is 0 Å². The Morgan fingerprint density at radius 3 is 2.57 bits per heavy atom. The van der Waals surface area contributed by atoms with Crippen LogP contribution in [0.4, 0.5) is 0 Å². The van der Waals surface area contributed by atoms with Crippen molar-refractivity contribution in [2.24, 2.45) is 0 Å². The first kappa shape index (κ1) is 9.40. The number of nitrogens with zero attached hydrogens (tertiary/aromatic N) is 3. The van der Waals surface area contributed by atoms with Gasteiger partial charge in [0.15, 0.2) is 0 Å². The van der Waals surface area contributed by atoms with Gasteiger partial charge in [-0.15, -0.1) is 0 Å². The Bertz CT molecular complexity index is 417. The van der Waals surface area contributed by atoms with Crippen molar-refractivity contribution in [1.29, 1.82) is 0 Å². The first-order valence-electron chi connectivity index (χ1n) is 5.07. The molecule has 1 unspecified atom stereocenters. The van der Waals surface area contributed by atoms with Gasteiger partial charge in [-0.1, -0.05) is 13.8 Å². The summed E-state index contributed by atoms with van der Waals surface area (Å²) >= 11 is 0. The summed E-state index contributed by atoms with van der Waals surface area (Å²) in [6.07, 6.45) is 1.85. The van der Waals surface area contributed by atoms with E-state index in [-0.39, 0.29) is 5.56 Å². The predicted octanol–water partition coefficient (Wildman–Crippen LogP) is 0.973. The Morgan fingerprint density at radius 1 is 1.50 bits per heavy atom. The van der Waals surface area contributed by atoms with Gasteiger partial charge in [-0.2, -0.15) is 0 Å². The molecule has 0 saturated heterocycles. The first-order chi connectivity index (χ1) is 6.69. The first-order valence-corrected chi connectivity index (χ1v) is 5.07. The van der Waals surface area contributed by atoms with Gasteiger partial charge >= 0.3 is 0 Å². The maximum atomic E-state index is 10.9. The van der Waals surface area contributed by atoms with E-state index in [9.17, 15) is 4.79 Å². The number of imidazole rings is 1. The second-order valence-electron chi connectivity index (χ2n) is 3.56. The minimum atomic E-state index is 0.0560. The van der Waals surface area contributed by atoms with Crippen molar-refractivity contribution in [2.75, 3.05) is 13.1 Å². The maximum Gasteiger partial charge on any atom is 0.300 e. The Balaban J connectivity index is 2.18. The highest BCUT2D eigenvalue weighted by molar-refractivity contribution is 5.47. The third-order valence-electron chi connectivity index (χ3n) is 2.87. The van der Waals surface area contributed by atoms with Gasteiger partial charge in [0.1, 0.15) is 0 Å². The smallest absolute Gasteiger partial charge is 0.296 e. The molecule has 4 nitrogen and oxygen atoms in total. The molecule has 2 aromatic rings. The van der Waals surface area contributed by atoms with Crippen molar-refractivity contribution in [2.45, 2.75) is 26.8 Å². The van der Waals surface area contributed by atoms with E-state index in [1.807, 2.05) is 6.20 Å². The van der Waals surface area contributed by atoms with Crippen LogP contribution in [0.2, 0.25) is 0 Å². The average molecular weight is 193 g/mol. The van der Waals surface area contributed by atoms with Crippen LogP contribution in [0.5, 0.6) is 0 Å². The van der Waals surface area contributed by atoms with Crippen LogP contribution in [0.25, 0.3) is 5.65 Å². The Morgan fingerprint density at radius 2 is 2.14 bits per heavy atom. The van der Waals surface area contributed by atoms with Gasteiger partial charge in [-0.05, 0) is 20.0 Å². The number of hydrogen-bond donors (Lipinski definition) is 0. The second kappa shape index (κ2) is 3.20. The molecule has 0 aliphatic heterocycles. The molecule has 14 heavy (non-hydrogen) atoms. The fourth-order valence-corrected chi connectivity index (χ4v) is 1.82. The molecule has 0 bridgehead atoms. The highest BCUT2D eigenvalue weighted by Gasteiger charge is 2.21. The number of rotatable bonds is 4. The van der Waals surface area contributed by atoms with Gasteiger partial charge in [-0.25, -0.2) is 4.98 Å². The van der Waals surface area contributed by atoms with E-state index in [1.165, 1.54) is 0 Å². The minimum absolute atomic E-state index is 0.0560. The summed E-state index contributed by atoms with van der Waals surface area (Å²) in [5.74, 6) is 0. The molecular formula is C10H15N3O. The summed E-state index contributed by atoms with van der Waals surface area (Å²) in [6.45, 7) is 8.41. The van der Waals surface area contributed by atoms with Crippen LogP contribution in [0.15, 0.2) is 11.0 Å². The van der Waals surface area contributed by atoms with Crippen LogP contribution in [0.1, 0.15) is 32.5 Å². The van der Waals surface area contributed by atoms with E-state index in [4.69, 9.17) is 0 Å². The predicted molar refractivity (Wildman–Crippen MR) is 55.2 cm³/mol. The summed E-state index contributed by atoms with van der Waals surface area (Å²) in [6, 6.07) is 0.304. The summed E-state index contributed by atoms with van der Waals surface area (Å²) in [7, 11) is 0. The van der Waals surface area contributed by atoms with Crippen molar-refractivity contribution in [3.8, 4) is 0 Å². The van der Waals surface area contributed by atoms with E-state index in [0.29, 0.717) is 11.7 Å². The summed E-state index contributed by atoms with van der Waals surface area (Å²) < 4.78 is 1.61. The van der Waals surface area contributed by atoms with Crippen LogP contribution in [-0.2, 0) is 0 Å². The van der Waals surface area contributed by atoms with Gasteiger partial charge < -0.3 is 0 Å². The molecule has 76 valence electrons. The third-order valence-corrected chi connectivity index (χ3v) is 2.87. The Kier molecular flexibility index (Phi) is 2.15. The van der Waals surface area contributed by atoms with Crippen molar-refractivity contribution in [3.63, 3.8) is 0 Å². The molecule has 2 heterocycles. The second-order valence-corrected chi connectivity index (χ2v) is 3.56. The number of aromatic nitrogens is 2. The van der Waals surface area contributed by atoms with Crippen molar-refractivity contribution < 1.29 is 0 Å². The molecule has 4 heteroatoms. The highest BCUT2D eigenvalue weighted by atomic mass is 16.1. The molecule has 0 N–H and O–H groups in total. The minimum Gasteiger partial charge on any atom is -0.296 e. The maximum absolute atomic E-state index is 10.9. The SMILES string of the molecule is CCN(CC)C(C)c1cn2c(=O)c2n1. The Labute approximate surface area is 82.8 Å². The van der Waals surface area contributed by atoms with Crippen LogP contribution in [0, 0.1) is 0 Å². The van der Waals surface area contributed by atoms with Gasteiger partial charge in [0, 0.05) is 6.20 Å². The average Bonchev–Trinajstić information content (AvgIpc) is 2.67. The topological polar surface area (TPSA) is 37.6 Å². The lowest BCUT2D eigenvalue weighted by atomic mass is 10.2. The highest BCUT2D eigenvalue weighted by Crippen LogP contribution is 2.19. The summed E-state index contributed by atoms with van der Waals surface area (Å²) in [5.41, 5.74) is 1.67. The number of fused-ring (bicyclic) bond motifs is 1. The van der Waals surface area contributed by atoms with Crippen LogP contribution in [-0.4, -0.2) is 27.4 Å². The zero-order chi connectivity index (χ0) is 10.3. The lowest BCUT2D eigenvalue weighted by Crippen LogP contribution is -2.26. The molecule has 0 saturated carbocycles. The van der Waals surface area contributed by atoms with Gasteiger partial charge in [0.05, 0.1) is 11.7 Å². The third kappa shape index (κ3) is 1.26. The van der Waals surface area contributed by atoms with E-state index in [1.54, 1.807) is 4.40 Å². The fraction of sp³-hybridized carbons (Fsp3) is 0.600. The zero-order valence-corrected chi connectivity index (χ0v) is 8.82. The molecule has 0 spiro atoms. The van der Waals surface area contributed by atoms with Crippen LogP contribution < -0.4 is 5.56 Å². The normalized spacial score (nSPS) is 14.6. The lowest BCUT2D eigenvalue weighted by Gasteiger charge is -2.24. The van der Waals surface area contributed by atoms with Crippen molar-refractivity contribution >= 4 is 5.65 Å². The molecule has 0 amide bonds. The quantitative estimate of drug-likeness (QED) is 0.726. The van der Waals surface area contributed by atoms with Crippen molar-refractivity contribution in [3.05, 3.63) is 22.2 Å². The number of hydrogen-bond acceptors (Lipinski definition) is 3. The molecule has 0 radical (unpaired) electrons. The van der Waals surface area contributed by atoms with Gasteiger partial charge in [-0.3, -0.25) is 14.1 Å². The van der Waals surface area contributed by atoms with Gasteiger partial charge in [0.25, 0.3) is 5.56 Å². The Hall–Kier alpha value is -1.16. The summed E-state index contributed by atoms with van der Waals surface area (Å²) in [4.78, 5) is 17.5. The molecule has 0 aliphatic rings. The molecular weight excluding hydrogens is 178 g/mol.